The highest BCUT2D eigenvalue weighted by Crippen LogP contribution is 2.22. The smallest absolute Gasteiger partial charge is 0.287 e. The lowest BCUT2D eigenvalue weighted by molar-refractivity contribution is -0.115. The van der Waals surface area contributed by atoms with Crippen molar-refractivity contribution in [2.24, 2.45) is 0 Å². The minimum Gasteiger partial charge on any atom is -0.444 e. The Morgan fingerprint density at radius 3 is 2.77 bits per heavy atom. The van der Waals surface area contributed by atoms with Crippen molar-refractivity contribution in [1.29, 1.82) is 0 Å². The number of rotatable bonds is 6. The molecule has 0 radical (unpaired) electrons. The van der Waals surface area contributed by atoms with Crippen LogP contribution in [0.25, 0.3) is 0 Å². The quantitative estimate of drug-likeness (QED) is 0.616. The Balaban J connectivity index is 1.51. The van der Waals surface area contributed by atoms with E-state index in [-0.39, 0.29) is 18.1 Å². The van der Waals surface area contributed by atoms with Crippen LogP contribution in [0.5, 0.6) is 0 Å². The van der Waals surface area contributed by atoms with Crippen LogP contribution < -0.4 is 10.6 Å². The second kappa shape index (κ2) is 8.24. The molecule has 0 aliphatic heterocycles. The zero-order valence-electron chi connectivity index (χ0n) is 13.3. The van der Waals surface area contributed by atoms with E-state index >= 15 is 0 Å². The Labute approximate surface area is 160 Å². The fraction of sp³-hybridized carbons (Fsp3) is 0.118. The second-order valence-electron chi connectivity index (χ2n) is 5.23. The van der Waals surface area contributed by atoms with Gasteiger partial charge in [-0.05, 0) is 39.7 Å². The minimum absolute atomic E-state index is 0.103. The number of hydrogen-bond donors (Lipinski definition) is 2. The van der Waals surface area contributed by atoms with E-state index in [1.807, 2.05) is 0 Å². The molecule has 0 aliphatic rings. The summed E-state index contributed by atoms with van der Waals surface area (Å²) in [6, 6.07) is 9.58. The Kier molecular flexibility index (Phi) is 5.79. The predicted molar refractivity (Wildman–Crippen MR) is 98.7 cm³/mol. The number of carbonyl (C=O) groups is 2. The highest BCUT2D eigenvalue weighted by molar-refractivity contribution is 9.10. The van der Waals surface area contributed by atoms with Crippen molar-refractivity contribution in [3.05, 3.63) is 69.3 Å². The number of hydrogen-bond acceptors (Lipinski definition) is 5. The zero-order chi connectivity index (χ0) is 18.5. The van der Waals surface area contributed by atoms with E-state index in [0.29, 0.717) is 21.8 Å². The van der Waals surface area contributed by atoms with Crippen LogP contribution in [0.1, 0.15) is 21.0 Å². The van der Waals surface area contributed by atoms with Crippen molar-refractivity contribution in [3.8, 4) is 0 Å². The summed E-state index contributed by atoms with van der Waals surface area (Å²) in [6.07, 6.45) is 1.98. The molecule has 0 aliphatic carbocycles. The van der Waals surface area contributed by atoms with Crippen molar-refractivity contribution >= 4 is 44.2 Å². The number of aromatic nitrogens is 1. The van der Waals surface area contributed by atoms with Gasteiger partial charge in [0.05, 0.1) is 6.54 Å². The van der Waals surface area contributed by atoms with Gasteiger partial charge in [-0.15, -0.1) is 11.3 Å². The third kappa shape index (κ3) is 4.77. The summed E-state index contributed by atoms with van der Waals surface area (Å²) in [5, 5.41) is 5.43. The summed E-state index contributed by atoms with van der Waals surface area (Å²) in [5.74, 6) is -1.09. The molecule has 2 N–H and O–H groups in total. The third-order valence-corrected chi connectivity index (χ3v) is 4.67. The van der Waals surface area contributed by atoms with Gasteiger partial charge in [0.1, 0.15) is 5.82 Å². The van der Waals surface area contributed by atoms with Gasteiger partial charge in [-0.3, -0.25) is 9.59 Å². The number of anilines is 1. The van der Waals surface area contributed by atoms with Crippen LogP contribution >= 0.6 is 27.3 Å². The Bertz CT molecular complexity index is 941. The van der Waals surface area contributed by atoms with Crippen molar-refractivity contribution in [3.63, 3.8) is 0 Å². The normalized spacial score (nSPS) is 10.5. The molecule has 26 heavy (non-hydrogen) atoms. The number of amides is 2. The molecule has 1 aromatic carbocycles. The van der Waals surface area contributed by atoms with Crippen LogP contribution in [-0.2, 0) is 11.2 Å². The van der Waals surface area contributed by atoms with E-state index in [1.165, 1.54) is 23.5 Å². The molecular weight excluding hydrogens is 425 g/mol. The minimum atomic E-state index is -0.495. The zero-order valence-corrected chi connectivity index (χ0v) is 15.7. The second-order valence-corrected chi connectivity index (χ2v) is 7.13. The Morgan fingerprint density at radius 2 is 2.04 bits per heavy atom. The molecule has 3 aromatic rings. The largest absolute Gasteiger partial charge is 0.444 e. The van der Waals surface area contributed by atoms with Crippen LogP contribution in [0.15, 0.2) is 51.7 Å². The molecule has 0 saturated heterocycles. The highest BCUT2D eigenvalue weighted by Gasteiger charge is 2.13. The molecular formula is C17H13BrFN3O3S. The van der Waals surface area contributed by atoms with Crippen LogP contribution in [0.4, 0.5) is 9.52 Å². The number of thiazole rings is 1. The monoisotopic (exact) mass is 437 g/mol. The van der Waals surface area contributed by atoms with E-state index < -0.39 is 11.8 Å². The van der Waals surface area contributed by atoms with Crippen LogP contribution in [-0.4, -0.2) is 23.3 Å². The van der Waals surface area contributed by atoms with E-state index in [2.05, 4.69) is 31.5 Å². The molecule has 0 atom stereocenters. The summed E-state index contributed by atoms with van der Waals surface area (Å²) >= 11 is 4.35. The van der Waals surface area contributed by atoms with Crippen molar-refractivity contribution < 1.29 is 18.4 Å². The highest BCUT2D eigenvalue weighted by atomic mass is 79.9. The molecule has 0 bridgehead atoms. The molecule has 3 rings (SSSR count). The molecule has 0 unspecified atom stereocenters. The van der Waals surface area contributed by atoms with Gasteiger partial charge in [0.15, 0.2) is 15.6 Å². The first-order valence-corrected chi connectivity index (χ1v) is 9.13. The van der Waals surface area contributed by atoms with E-state index in [9.17, 15) is 14.0 Å². The van der Waals surface area contributed by atoms with Crippen LogP contribution in [0.3, 0.4) is 0 Å². The summed E-state index contributed by atoms with van der Waals surface area (Å²) in [5.41, 5.74) is 0.561. The molecule has 6 nitrogen and oxygen atoms in total. The van der Waals surface area contributed by atoms with E-state index in [0.717, 1.165) is 4.88 Å². The molecule has 2 aromatic heterocycles. The lowest BCUT2D eigenvalue weighted by Gasteiger charge is -2.03. The van der Waals surface area contributed by atoms with Gasteiger partial charge < -0.3 is 15.1 Å². The topological polar surface area (TPSA) is 84.2 Å². The molecule has 0 fully saturated rings. The van der Waals surface area contributed by atoms with Crippen molar-refractivity contribution in [2.45, 2.75) is 6.42 Å². The maximum Gasteiger partial charge on any atom is 0.287 e. The van der Waals surface area contributed by atoms with Gasteiger partial charge >= 0.3 is 0 Å². The summed E-state index contributed by atoms with van der Waals surface area (Å²) in [7, 11) is 0. The summed E-state index contributed by atoms with van der Waals surface area (Å²) in [4.78, 5) is 28.6. The molecule has 2 heterocycles. The first kappa shape index (κ1) is 18.3. The van der Waals surface area contributed by atoms with Crippen LogP contribution in [0, 0.1) is 5.82 Å². The molecule has 9 heteroatoms. The maximum absolute atomic E-state index is 13.7. The lowest BCUT2D eigenvalue weighted by Crippen LogP contribution is -2.32. The van der Waals surface area contributed by atoms with Crippen LogP contribution in [0.2, 0.25) is 0 Å². The number of nitrogens with one attached hydrogen (secondary N) is 2. The maximum atomic E-state index is 13.7. The fourth-order valence-corrected chi connectivity index (χ4v) is 3.28. The summed E-state index contributed by atoms with van der Waals surface area (Å²) < 4.78 is 19.2. The number of carbonyl (C=O) groups excluding carboxylic acids is 2. The van der Waals surface area contributed by atoms with Gasteiger partial charge in [0.25, 0.3) is 5.91 Å². The van der Waals surface area contributed by atoms with Gasteiger partial charge in [0.2, 0.25) is 5.91 Å². The fourth-order valence-electron chi connectivity index (χ4n) is 2.12. The molecule has 0 spiro atoms. The van der Waals surface area contributed by atoms with Crippen molar-refractivity contribution in [2.75, 3.05) is 11.9 Å². The van der Waals surface area contributed by atoms with Gasteiger partial charge in [-0.2, -0.15) is 0 Å². The van der Waals surface area contributed by atoms with E-state index in [4.69, 9.17) is 4.42 Å². The molecule has 134 valence electrons. The first-order valence-electron chi connectivity index (χ1n) is 7.53. The molecule has 0 saturated carbocycles. The first-order chi connectivity index (χ1) is 12.5. The average molecular weight is 438 g/mol. The summed E-state index contributed by atoms with van der Waals surface area (Å²) in [6.45, 7) is -0.223. The third-order valence-electron chi connectivity index (χ3n) is 3.33. The van der Waals surface area contributed by atoms with Gasteiger partial charge in [-0.25, -0.2) is 9.37 Å². The number of nitrogens with zero attached hydrogens (tertiary/aromatic N) is 1. The standard InChI is InChI=1S/C17H13BrFN3O3S/c18-14-6-5-13(25-14)16(24)20-9-15(23)22-17-21-8-11(26-17)7-10-3-1-2-4-12(10)19/h1-6,8H,7,9H2,(H,20,24)(H,21,22,23). The molecule has 2 amide bonds. The lowest BCUT2D eigenvalue weighted by atomic mass is 10.1. The SMILES string of the molecule is O=C(CNC(=O)c1ccc(Br)o1)Nc1ncc(Cc2ccccc2F)s1. The van der Waals surface area contributed by atoms with E-state index in [1.54, 1.807) is 30.5 Å². The predicted octanol–water partition coefficient (Wildman–Crippen LogP) is 3.60. The average Bonchev–Trinajstić information content (AvgIpc) is 3.24. The number of halogens is 2. The van der Waals surface area contributed by atoms with Crippen molar-refractivity contribution in [1.82, 2.24) is 10.3 Å². The Morgan fingerprint density at radius 1 is 1.23 bits per heavy atom. The van der Waals surface area contributed by atoms with Gasteiger partial charge in [-0.1, -0.05) is 18.2 Å². The number of furan rings is 1. The number of benzene rings is 1. The Hall–Kier alpha value is -2.52. The van der Waals surface area contributed by atoms with Gasteiger partial charge in [0, 0.05) is 17.5 Å².